The van der Waals surface area contributed by atoms with Gasteiger partial charge >= 0.3 is 6.03 Å². The molecular formula is C19H22N2O2. The predicted molar refractivity (Wildman–Crippen MR) is 91.8 cm³/mol. The van der Waals surface area contributed by atoms with Gasteiger partial charge < -0.3 is 15.4 Å². The Morgan fingerprint density at radius 3 is 2.57 bits per heavy atom. The summed E-state index contributed by atoms with van der Waals surface area (Å²) in [7, 11) is 1.61. The number of methoxy groups -OCH3 is 1. The Morgan fingerprint density at radius 2 is 1.91 bits per heavy atom. The first-order valence-electron chi connectivity index (χ1n) is 7.94. The molecule has 0 radical (unpaired) electrons. The van der Waals surface area contributed by atoms with E-state index in [1.165, 1.54) is 11.1 Å². The van der Waals surface area contributed by atoms with E-state index in [0.717, 1.165) is 24.3 Å². The Hall–Kier alpha value is -2.49. The lowest BCUT2D eigenvalue weighted by molar-refractivity contribution is 0.247. The second kappa shape index (κ2) is 6.73. The largest absolute Gasteiger partial charge is 0.497 e. The van der Waals surface area contributed by atoms with Crippen molar-refractivity contribution in [3.63, 3.8) is 0 Å². The molecule has 2 N–H and O–H groups in total. The summed E-state index contributed by atoms with van der Waals surface area (Å²) in [6, 6.07) is 15.6. The van der Waals surface area contributed by atoms with Crippen molar-refractivity contribution >= 4 is 11.7 Å². The molecule has 0 spiro atoms. The summed E-state index contributed by atoms with van der Waals surface area (Å²) < 4.78 is 5.17. The summed E-state index contributed by atoms with van der Waals surface area (Å²) in [5, 5.41) is 5.99. The maximum absolute atomic E-state index is 12.3. The molecule has 0 heterocycles. The van der Waals surface area contributed by atoms with Gasteiger partial charge in [0.25, 0.3) is 0 Å². The second-order valence-electron chi connectivity index (χ2n) is 6.06. The number of benzene rings is 2. The van der Waals surface area contributed by atoms with Gasteiger partial charge in [-0.05, 0) is 43.4 Å². The number of rotatable bonds is 5. The summed E-state index contributed by atoms with van der Waals surface area (Å²) in [6.45, 7) is 2.07. The van der Waals surface area contributed by atoms with Crippen LogP contribution in [0.15, 0.2) is 48.5 Å². The first-order valence-corrected chi connectivity index (χ1v) is 7.94. The van der Waals surface area contributed by atoms with Gasteiger partial charge in [-0.3, -0.25) is 0 Å². The predicted octanol–water partition coefficient (Wildman–Crippen LogP) is 4.28. The van der Waals surface area contributed by atoms with Crippen LogP contribution in [0.1, 0.15) is 30.0 Å². The van der Waals surface area contributed by atoms with Gasteiger partial charge in [0.15, 0.2) is 0 Å². The van der Waals surface area contributed by atoms with E-state index < -0.39 is 0 Å². The minimum Gasteiger partial charge on any atom is -0.497 e. The molecule has 2 aromatic carbocycles. The molecule has 0 saturated heterocycles. The van der Waals surface area contributed by atoms with E-state index in [2.05, 4.69) is 41.8 Å². The molecule has 23 heavy (non-hydrogen) atoms. The maximum atomic E-state index is 12.3. The lowest BCUT2D eigenvalue weighted by Gasteiger charge is -2.19. The molecule has 0 bridgehead atoms. The van der Waals surface area contributed by atoms with Gasteiger partial charge in [0.05, 0.1) is 13.2 Å². The molecule has 4 nitrogen and oxygen atoms in total. The van der Waals surface area contributed by atoms with Crippen LogP contribution in [0.3, 0.4) is 0 Å². The van der Waals surface area contributed by atoms with E-state index in [4.69, 9.17) is 4.74 Å². The van der Waals surface area contributed by atoms with Crippen molar-refractivity contribution in [1.29, 1.82) is 0 Å². The van der Waals surface area contributed by atoms with Crippen molar-refractivity contribution in [3.8, 4) is 5.75 Å². The van der Waals surface area contributed by atoms with Crippen LogP contribution < -0.4 is 15.4 Å². The lowest BCUT2D eigenvalue weighted by Crippen LogP contribution is -2.33. The number of amides is 2. The minimum atomic E-state index is -0.185. The van der Waals surface area contributed by atoms with Crippen molar-refractivity contribution in [2.75, 3.05) is 12.4 Å². The molecule has 2 aromatic rings. The van der Waals surface area contributed by atoms with E-state index >= 15 is 0 Å². The van der Waals surface area contributed by atoms with E-state index in [9.17, 15) is 4.79 Å². The number of anilines is 1. The first-order chi connectivity index (χ1) is 11.2. The van der Waals surface area contributed by atoms with E-state index in [1.54, 1.807) is 13.2 Å². The molecule has 4 heteroatoms. The summed E-state index contributed by atoms with van der Waals surface area (Å²) in [5.41, 5.74) is 3.11. The number of urea groups is 1. The molecule has 1 saturated carbocycles. The quantitative estimate of drug-likeness (QED) is 0.866. The molecule has 1 atom stereocenters. The van der Waals surface area contributed by atoms with Crippen molar-refractivity contribution in [2.24, 2.45) is 5.92 Å². The summed E-state index contributed by atoms with van der Waals surface area (Å²) >= 11 is 0. The zero-order chi connectivity index (χ0) is 16.2. The van der Waals surface area contributed by atoms with Gasteiger partial charge in [0.2, 0.25) is 0 Å². The van der Waals surface area contributed by atoms with E-state index in [0.29, 0.717) is 5.92 Å². The zero-order valence-electron chi connectivity index (χ0n) is 13.5. The summed E-state index contributed by atoms with van der Waals surface area (Å²) in [5.74, 6) is 1.26. The van der Waals surface area contributed by atoms with Crippen LogP contribution in [0.5, 0.6) is 5.75 Å². The van der Waals surface area contributed by atoms with Crippen molar-refractivity contribution in [2.45, 2.75) is 25.8 Å². The molecule has 0 unspecified atom stereocenters. The molecule has 1 aliphatic carbocycles. The third-order valence-electron chi connectivity index (χ3n) is 4.14. The lowest BCUT2D eigenvalue weighted by atomic mass is 10.0. The molecule has 1 aliphatic rings. The number of hydrogen-bond acceptors (Lipinski definition) is 2. The number of nitrogens with one attached hydrogen (secondary N) is 2. The van der Waals surface area contributed by atoms with Gasteiger partial charge in [0, 0.05) is 11.8 Å². The van der Waals surface area contributed by atoms with Crippen LogP contribution in [0.2, 0.25) is 0 Å². The summed E-state index contributed by atoms with van der Waals surface area (Å²) in [4.78, 5) is 12.3. The van der Waals surface area contributed by atoms with Gasteiger partial charge in [0.1, 0.15) is 5.75 Å². The van der Waals surface area contributed by atoms with Crippen molar-refractivity contribution in [1.82, 2.24) is 5.32 Å². The highest BCUT2D eigenvalue weighted by Gasteiger charge is 2.33. The van der Waals surface area contributed by atoms with Crippen LogP contribution in [0.4, 0.5) is 10.5 Å². The number of ether oxygens (including phenoxy) is 1. The number of hydrogen-bond donors (Lipinski definition) is 2. The van der Waals surface area contributed by atoms with Crippen LogP contribution >= 0.6 is 0 Å². The highest BCUT2D eigenvalue weighted by molar-refractivity contribution is 5.89. The molecular weight excluding hydrogens is 288 g/mol. The standard InChI is InChI=1S/C19H22N2O2/c1-13-6-8-14(9-7-13)18(15-10-11-15)21-19(22)20-16-4-3-5-17(12-16)23-2/h3-9,12,15,18H,10-11H2,1-2H3,(H2,20,21,22)/t18-/m0/s1. The second-order valence-corrected chi connectivity index (χ2v) is 6.06. The van der Waals surface area contributed by atoms with Crippen LogP contribution in [-0.2, 0) is 0 Å². The Bertz CT molecular complexity index is 678. The highest BCUT2D eigenvalue weighted by Crippen LogP contribution is 2.41. The number of aryl methyl sites for hydroxylation is 1. The molecule has 1 fully saturated rings. The van der Waals surface area contributed by atoms with Crippen molar-refractivity contribution in [3.05, 3.63) is 59.7 Å². The van der Waals surface area contributed by atoms with Crippen LogP contribution in [0, 0.1) is 12.8 Å². The zero-order valence-corrected chi connectivity index (χ0v) is 13.5. The Balaban J connectivity index is 1.67. The van der Waals surface area contributed by atoms with Gasteiger partial charge in [-0.25, -0.2) is 4.79 Å². The Labute approximate surface area is 136 Å². The van der Waals surface area contributed by atoms with E-state index in [-0.39, 0.29) is 12.1 Å². The monoisotopic (exact) mass is 310 g/mol. The first kappa shape index (κ1) is 15.4. The topological polar surface area (TPSA) is 50.4 Å². The van der Waals surface area contributed by atoms with Crippen LogP contribution in [-0.4, -0.2) is 13.1 Å². The number of carbonyl (C=O) groups is 1. The average Bonchev–Trinajstić information content (AvgIpc) is 3.38. The number of carbonyl (C=O) groups excluding carboxylic acids is 1. The SMILES string of the molecule is COc1cccc(NC(=O)N[C@@H](c2ccc(C)cc2)C2CC2)c1. The van der Waals surface area contributed by atoms with Crippen molar-refractivity contribution < 1.29 is 9.53 Å². The summed E-state index contributed by atoms with van der Waals surface area (Å²) in [6.07, 6.45) is 2.33. The third-order valence-corrected chi connectivity index (χ3v) is 4.14. The molecule has 0 aliphatic heterocycles. The third kappa shape index (κ3) is 4.03. The van der Waals surface area contributed by atoms with Gasteiger partial charge in [-0.2, -0.15) is 0 Å². The maximum Gasteiger partial charge on any atom is 0.319 e. The normalized spacial score (nSPS) is 14.9. The fraction of sp³-hybridized carbons (Fsp3) is 0.316. The molecule has 0 aromatic heterocycles. The van der Waals surface area contributed by atoms with Crippen LogP contribution in [0.25, 0.3) is 0 Å². The molecule has 3 rings (SSSR count). The fourth-order valence-electron chi connectivity index (χ4n) is 2.69. The van der Waals surface area contributed by atoms with E-state index in [1.807, 2.05) is 18.2 Å². The Morgan fingerprint density at radius 1 is 1.17 bits per heavy atom. The Kier molecular flexibility index (Phi) is 4.51. The van der Waals surface area contributed by atoms with Gasteiger partial charge in [-0.1, -0.05) is 35.9 Å². The van der Waals surface area contributed by atoms with Gasteiger partial charge in [-0.15, -0.1) is 0 Å². The average molecular weight is 310 g/mol. The minimum absolute atomic E-state index is 0.0706. The highest BCUT2D eigenvalue weighted by atomic mass is 16.5. The smallest absolute Gasteiger partial charge is 0.319 e. The molecule has 120 valence electrons. The fourth-order valence-corrected chi connectivity index (χ4v) is 2.69. The molecule has 2 amide bonds.